The Labute approximate surface area is 80.4 Å². The van der Waals surface area contributed by atoms with Crippen LogP contribution in [0.4, 0.5) is 4.39 Å². The van der Waals surface area contributed by atoms with E-state index in [2.05, 4.69) is 0 Å². The molecule has 0 fully saturated rings. The molecule has 1 aliphatic rings. The summed E-state index contributed by atoms with van der Waals surface area (Å²) >= 11 is 5.83. The smallest absolute Gasteiger partial charge is 0.145 e. The topological polar surface area (TPSA) is 35.2 Å². The lowest BCUT2D eigenvalue weighted by Gasteiger charge is -2.23. The van der Waals surface area contributed by atoms with Gasteiger partial charge in [0.15, 0.2) is 0 Å². The van der Waals surface area contributed by atoms with E-state index in [0.29, 0.717) is 29.4 Å². The number of hydrogen-bond acceptors (Lipinski definition) is 2. The van der Waals surface area contributed by atoms with Crippen LogP contribution in [0.1, 0.15) is 18.0 Å². The standard InChI is InChI=1S/C9H9ClFNO/c10-5-1-2-6(11)8-7(12)3-4-13-9(5)8/h1-2,7H,3-4,12H2. The average Bonchev–Trinajstić information content (AvgIpc) is 2.12. The van der Waals surface area contributed by atoms with Crippen molar-refractivity contribution in [3.8, 4) is 5.75 Å². The van der Waals surface area contributed by atoms with Crippen molar-refractivity contribution in [2.24, 2.45) is 5.73 Å². The number of fused-ring (bicyclic) bond motifs is 1. The molecule has 70 valence electrons. The Hall–Kier alpha value is -0.800. The predicted octanol–water partition coefficient (Wildman–Crippen LogP) is 2.26. The second-order valence-electron chi connectivity index (χ2n) is 3.02. The van der Waals surface area contributed by atoms with Crippen molar-refractivity contribution in [1.82, 2.24) is 0 Å². The summed E-state index contributed by atoms with van der Waals surface area (Å²) in [6.45, 7) is 0.497. The molecule has 0 spiro atoms. The fraction of sp³-hybridized carbons (Fsp3) is 0.333. The van der Waals surface area contributed by atoms with E-state index in [1.54, 1.807) is 0 Å². The lowest BCUT2D eigenvalue weighted by molar-refractivity contribution is 0.264. The van der Waals surface area contributed by atoms with Crippen LogP contribution in [-0.2, 0) is 0 Å². The fourth-order valence-electron chi connectivity index (χ4n) is 1.47. The Morgan fingerprint density at radius 2 is 2.31 bits per heavy atom. The van der Waals surface area contributed by atoms with E-state index in [1.807, 2.05) is 0 Å². The number of ether oxygens (including phenoxy) is 1. The highest BCUT2D eigenvalue weighted by molar-refractivity contribution is 6.32. The molecule has 0 aromatic heterocycles. The van der Waals surface area contributed by atoms with Crippen LogP contribution in [0.2, 0.25) is 5.02 Å². The van der Waals surface area contributed by atoms with Crippen molar-refractivity contribution < 1.29 is 9.13 Å². The highest BCUT2D eigenvalue weighted by atomic mass is 35.5. The van der Waals surface area contributed by atoms with Gasteiger partial charge in [-0.25, -0.2) is 4.39 Å². The first-order chi connectivity index (χ1) is 6.20. The van der Waals surface area contributed by atoms with E-state index >= 15 is 0 Å². The minimum absolute atomic E-state index is 0.303. The number of halogens is 2. The summed E-state index contributed by atoms with van der Waals surface area (Å²) in [4.78, 5) is 0. The van der Waals surface area contributed by atoms with Gasteiger partial charge in [0.05, 0.1) is 11.6 Å². The zero-order valence-electron chi connectivity index (χ0n) is 6.89. The molecular weight excluding hydrogens is 193 g/mol. The van der Waals surface area contributed by atoms with E-state index < -0.39 is 0 Å². The van der Waals surface area contributed by atoms with Crippen LogP contribution in [-0.4, -0.2) is 6.61 Å². The second-order valence-corrected chi connectivity index (χ2v) is 3.42. The Morgan fingerprint density at radius 1 is 1.54 bits per heavy atom. The molecule has 13 heavy (non-hydrogen) atoms. The molecule has 2 rings (SSSR count). The molecule has 0 aliphatic carbocycles. The molecule has 2 N–H and O–H groups in total. The van der Waals surface area contributed by atoms with Crippen molar-refractivity contribution in [1.29, 1.82) is 0 Å². The molecule has 1 aromatic carbocycles. The molecule has 0 bridgehead atoms. The summed E-state index contributed by atoms with van der Waals surface area (Å²) in [7, 11) is 0. The number of nitrogens with two attached hydrogens (primary N) is 1. The molecule has 1 atom stereocenters. The molecule has 0 amide bonds. The van der Waals surface area contributed by atoms with Crippen molar-refractivity contribution >= 4 is 11.6 Å². The Balaban J connectivity index is 2.60. The maximum Gasteiger partial charge on any atom is 0.145 e. The predicted molar refractivity (Wildman–Crippen MR) is 48.5 cm³/mol. The molecule has 1 unspecified atom stereocenters. The average molecular weight is 202 g/mol. The monoisotopic (exact) mass is 201 g/mol. The van der Waals surface area contributed by atoms with E-state index in [1.165, 1.54) is 12.1 Å². The lowest BCUT2D eigenvalue weighted by Crippen LogP contribution is -2.22. The zero-order chi connectivity index (χ0) is 9.42. The van der Waals surface area contributed by atoms with Crippen molar-refractivity contribution in [3.63, 3.8) is 0 Å². The molecule has 1 aromatic rings. The maximum atomic E-state index is 13.3. The number of benzene rings is 1. The van der Waals surface area contributed by atoms with E-state index in [9.17, 15) is 4.39 Å². The van der Waals surface area contributed by atoms with E-state index in [-0.39, 0.29) is 11.9 Å². The molecule has 4 heteroatoms. The van der Waals surface area contributed by atoms with Gasteiger partial charge in [0.25, 0.3) is 0 Å². The third-order valence-electron chi connectivity index (χ3n) is 2.14. The lowest BCUT2D eigenvalue weighted by atomic mass is 10.0. The van der Waals surface area contributed by atoms with Gasteiger partial charge in [-0.3, -0.25) is 0 Å². The normalized spacial score (nSPS) is 20.7. The minimum Gasteiger partial charge on any atom is -0.491 e. The molecular formula is C9H9ClFNO. The van der Waals surface area contributed by atoms with Gasteiger partial charge in [0, 0.05) is 18.0 Å². The minimum atomic E-state index is -0.341. The van der Waals surface area contributed by atoms with Gasteiger partial charge in [-0.05, 0) is 12.1 Å². The summed E-state index contributed by atoms with van der Waals surface area (Å²) in [5.41, 5.74) is 6.14. The Kier molecular flexibility index (Phi) is 2.14. The third kappa shape index (κ3) is 1.38. The van der Waals surface area contributed by atoms with Crippen LogP contribution in [0.15, 0.2) is 12.1 Å². The zero-order valence-corrected chi connectivity index (χ0v) is 7.64. The van der Waals surface area contributed by atoms with Crippen LogP contribution in [0.5, 0.6) is 5.75 Å². The van der Waals surface area contributed by atoms with Gasteiger partial charge in [-0.15, -0.1) is 0 Å². The maximum absolute atomic E-state index is 13.3. The number of hydrogen-bond donors (Lipinski definition) is 1. The van der Waals surface area contributed by atoms with Crippen molar-refractivity contribution in [3.05, 3.63) is 28.5 Å². The van der Waals surface area contributed by atoms with Crippen molar-refractivity contribution in [2.45, 2.75) is 12.5 Å². The van der Waals surface area contributed by atoms with Gasteiger partial charge in [-0.1, -0.05) is 11.6 Å². The van der Waals surface area contributed by atoms with Gasteiger partial charge in [0.1, 0.15) is 11.6 Å². The first kappa shape index (κ1) is 8.78. The largest absolute Gasteiger partial charge is 0.491 e. The third-order valence-corrected chi connectivity index (χ3v) is 2.44. The summed E-state index contributed by atoms with van der Waals surface area (Å²) < 4.78 is 18.5. The fourth-order valence-corrected chi connectivity index (χ4v) is 1.69. The van der Waals surface area contributed by atoms with Crippen molar-refractivity contribution in [2.75, 3.05) is 6.61 Å². The van der Waals surface area contributed by atoms with Crippen LogP contribution in [0, 0.1) is 5.82 Å². The number of rotatable bonds is 0. The van der Waals surface area contributed by atoms with Gasteiger partial charge >= 0.3 is 0 Å². The van der Waals surface area contributed by atoms with Crippen LogP contribution < -0.4 is 10.5 Å². The van der Waals surface area contributed by atoms with Crippen LogP contribution in [0.25, 0.3) is 0 Å². The summed E-state index contributed by atoms with van der Waals surface area (Å²) in [6.07, 6.45) is 0.629. The molecule has 0 saturated carbocycles. The second kappa shape index (κ2) is 3.16. The van der Waals surface area contributed by atoms with E-state index in [0.717, 1.165) is 0 Å². The molecule has 0 radical (unpaired) electrons. The highest BCUT2D eigenvalue weighted by Gasteiger charge is 2.23. The van der Waals surface area contributed by atoms with E-state index in [4.69, 9.17) is 22.1 Å². The van der Waals surface area contributed by atoms with Crippen LogP contribution >= 0.6 is 11.6 Å². The van der Waals surface area contributed by atoms with Crippen LogP contribution in [0.3, 0.4) is 0 Å². The molecule has 1 heterocycles. The van der Waals surface area contributed by atoms with Gasteiger partial charge < -0.3 is 10.5 Å². The highest BCUT2D eigenvalue weighted by Crippen LogP contribution is 2.38. The Bertz CT molecular complexity index is 343. The first-order valence-corrected chi connectivity index (χ1v) is 4.44. The SMILES string of the molecule is NC1CCOc2c(Cl)ccc(F)c21. The Morgan fingerprint density at radius 3 is 3.00 bits per heavy atom. The molecule has 0 saturated heterocycles. The quantitative estimate of drug-likeness (QED) is 0.699. The summed E-state index contributed by atoms with van der Waals surface area (Å²) in [5.74, 6) is 0.0621. The first-order valence-electron chi connectivity index (χ1n) is 4.06. The summed E-state index contributed by atoms with van der Waals surface area (Å²) in [6, 6.07) is 2.49. The van der Waals surface area contributed by atoms with Gasteiger partial charge in [0.2, 0.25) is 0 Å². The van der Waals surface area contributed by atoms with Gasteiger partial charge in [-0.2, -0.15) is 0 Å². The molecule has 1 aliphatic heterocycles. The summed E-state index contributed by atoms with van der Waals surface area (Å²) in [5, 5.41) is 0.423. The molecule has 2 nitrogen and oxygen atoms in total.